The van der Waals surface area contributed by atoms with Crippen molar-refractivity contribution in [1.29, 1.82) is 0 Å². The van der Waals surface area contributed by atoms with Crippen molar-refractivity contribution in [3.05, 3.63) is 0 Å². The molecule has 0 fully saturated rings. The van der Waals surface area contributed by atoms with E-state index < -0.39 is 0 Å². The molecule has 0 radical (unpaired) electrons. The SMILES string of the molecule is NCCNCCN(CCCN(CCN)CCN)CCN(CCNCCN)CCN(CCN)CCN. The van der Waals surface area contributed by atoms with E-state index in [2.05, 4.69) is 30.2 Å². The number of nitrogens with zero attached hydrogens (tertiary/aromatic N) is 4. The predicted molar refractivity (Wildman–Crippen MR) is 150 cm³/mol. The first-order valence-corrected chi connectivity index (χ1v) is 13.7. The van der Waals surface area contributed by atoms with Crippen molar-refractivity contribution in [1.82, 2.24) is 30.2 Å². The molecule has 0 aliphatic carbocycles. The van der Waals surface area contributed by atoms with Crippen LogP contribution in [0.3, 0.4) is 0 Å². The second-order valence-electron chi connectivity index (χ2n) is 8.95. The van der Waals surface area contributed by atoms with Crippen molar-refractivity contribution >= 4 is 0 Å². The van der Waals surface area contributed by atoms with Gasteiger partial charge in [-0.2, -0.15) is 0 Å². The highest BCUT2D eigenvalue weighted by Crippen LogP contribution is 1.99. The van der Waals surface area contributed by atoms with Crippen LogP contribution < -0.4 is 45.0 Å². The number of nitrogens with one attached hydrogen (secondary N) is 2. The molecular weight excluding hydrogens is 444 g/mol. The number of rotatable bonds is 28. The van der Waals surface area contributed by atoms with E-state index in [1.54, 1.807) is 0 Å². The lowest BCUT2D eigenvalue weighted by Gasteiger charge is -2.30. The summed E-state index contributed by atoms with van der Waals surface area (Å²) in [6, 6.07) is 0. The summed E-state index contributed by atoms with van der Waals surface area (Å²) in [6.07, 6.45) is 1.11. The van der Waals surface area contributed by atoms with Crippen LogP contribution in [-0.4, -0.2) is 164 Å². The minimum Gasteiger partial charge on any atom is -0.329 e. The molecule has 35 heavy (non-hydrogen) atoms. The average molecular weight is 505 g/mol. The first kappa shape index (κ1) is 34.5. The maximum atomic E-state index is 5.80. The van der Waals surface area contributed by atoms with E-state index in [-0.39, 0.29) is 0 Å². The van der Waals surface area contributed by atoms with E-state index in [0.29, 0.717) is 39.3 Å². The van der Waals surface area contributed by atoms with Crippen molar-refractivity contribution in [2.45, 2.75) is 6.42 Å². The van der Waals surface area contributed by atoms with Gasteiger partial charge in [0.2, 0.25) is 0 Å². The first-order valence-electron chi connectivity index (χ1n) is 13.7. The molecule has 12 nitrogen and oxygen atoms in total. The Labute approximate surface area is 215 Å². The van der Waals surface area contributed by atoms with Crippen LogP contribution in [0.15, 0.2) is 0 Å². The Balaban J connectivity index is 4.85. The zero-order valence-corrected chi connectivity index (χ0v) is 22.5. The second kappa shape index (κ2) is 26.6. The molecule has 12 heteroatoms. The zero-order valence-electron chi connectivity index (χ0n) is 22.5. The highest BCUT2D eigenvalue weighted by atomic mass is 15.2. The zero-order chi connectivity index (χ0) is 26.0. The molecule has 0 rings (SSSR count). The summed E-state index contributed by atoms with van der Waals surface area (Å²) >= 11 is 0. The van der Waals surface area contributed by atoms with Gasteiger partial charge in [-0.15, -0.1) is 0 Å². The van der Waals surface area contributed by atoms with Crippen LogP contribution in [0.2, 0.25) is 0 Å². The van der Waals surface area contributed by atoms with Gasteiger partial charge in [-0.3, -0.25) is 9.80 Å². The highest BCUT2D eigenvalue weighted by Gasteiger charge is 2.12. The molecule has 0 spiro atoms. The molecular formula is C23H60N12. The Morgan fingerprint density at radius 1 is 0.314 bits per heavy atom. The molecule has 0 aromatic carbocycles. The van der Waals surface area contributed by atoms with Gasteiger partial charge < -0.3 is 54.8 Å². The third kappa shape index (κ3) is 21.3. The van der Waals surface area contributed by atoms with Crippen molar-refractivity contribution in [3.8, 4) is 0 Å². The van der Waals surface area contributed by atoms with Gasteiger partial charge in [-0.25, -0.2) is 0 Å². The molecule has 0 aliphatic rings. The summed E-state index contributed by atoms with van der Waals surface area (Å²) in [5, 5.41) is 6.86. The number of hydrogen-bond acceptors (Lipinski definition) is 12. The molecule has 14 N–H and O–H groups in total. The summed E-state index contributed by atoms with van der Waals surface area (Å²) < 4.78 is 0. The van der Waals surface area contributed by atoms with Gasteiger partial charge in [0.05, 0.1) is 0 Å². The van der Waals surface area contributed by atoms with E-state index in [4.69, 9.17) is 34.4 Å². The molecule has 0 saturated heterocycles. The Kier molecular flexibility index (Phi) is 26.2. The summed E-state index contributed by atoms with van der Waals surface area (Å²) in [5.74, 6) is 0. The minimum absolute atomic E-state index is 0.660. The van der Waals surface area contributed by atoms with E-state index in [0.717, 1.165) is 111 Å². The standard InChI is InChI=1S/C23H60N12/c24-2-8-30-10-18-33(13-1-12-32(14-4-26)15-5-27)20-22-35(19-11-31-9-3-25)23-21-34(16-6-28)17-7-29/h30-31H,1-29H2. The summed E-state index contributed by atoms with van der Waals surface area (Å²) in [7, 11) is 0. The molecule has 0 aromatic heterocycles. The maximum absolute atomic E-state index is 5.80. The molecule has 0 heterocycles. The fourth-order valence-corrected chi connectivity index (χ4v) is 4.08. The van der Waals surface area contributed by atoms with Gasteiger partial charge >= 0.3 is 0 Å². The van der Waals surface area contributed by atoms with Crippen LogP contribution >= 0.6 is 0 Å². The highest BCUT2D eigenvalue weighted by molar-refractivity contribution is 4.70. The Bertz CT molecular complexity index is 406. The number of nitrogens with two attached hydrogens (primary N) is 6. The van der Waals surface area contributed by atoms with Gasteiger partial charge in [-0.1, -0.05) is 0 Å². The normalized spacial score (nSPS) is 12.2. The van der Waals surface area contributed by atoms with Crippen molar-refractivity contribution in [2.75, 3.05) is 144 Å². The van der Waals surface area contributed by atoms with Crippen LogP contribution in [-0.2, 0) is 0 Å². The Morgan fingerprint density at radius 2 is 0.629 bits per heavy atom. The molecule has 0 aliphatic heterocycles. The Hall–Kier alpha value is -0.480. The van der Waals surface area contributed by atoms with Gasteiger partial charge in [-0.05, 0) is 19.5 Å². The third-order valence-corrected chi connectivity index (χ3v) is 6.05. The summed E-state index contributed by atoms with van der Waals surface area (Å²) in [5.41, 5.74) is 34.4. The molecule has 212 valence electrons. The van der Waals surface area contributed by atoms with E-state index in [1.807, 2.05) is 0 Å². The summed E-state index contributed by atoms with van der Waals surface area (Å²) in [6.45, 7) is 19.3. The minimum atomic E-state index is 0.660. The van der Waals surface area contributed by atoms with Crippen LogP contribution in [0.1, 0.15) is 6.42 Å². The Morgan fingerprint density at radius 3 is 0.971 bits per heavy atom. The monoisotopic (exact) mass is 505 g/mol. The summed E-state index contributed by atoms with van der Waals surface area (Å²) in [4.78, 5) is 9.82. The van der Waals surface area contributed by atoms with E-state index in [9.17, 15) is 0 Å². The fourth-order valence-electron chi connectivity index (χ4n) is 4.08. The van der Waals surface area contributed by atoms with Crippen LogP contribution in [0, 0.1) is 0 Å². The van der Waals surface area contributed by atoms with Crippen molar-refractivity contribution in [2.24, 2.45) is 34.4 Å². The van der Waals surface area contributed by atoms with Gasteiger partial charge in [0.1, 0.15) is 0 Å². The fraction of sp³-hybridized carbons (Fsp3) is 1.00. The van der Waals surface area contributed by atoms with Crippen LogP contribution in [0.25, 0.3) is 0 Å². The van der Waals surface area contributed by atoms with Gasteiger partial charge in [0, 0.05) is 131 Å². The smallest absolute Gasteiger partial charge is 0.0110 e. The maximum Gasteiger partial charge on any atom is 0.0110 e. The molecule has 0 saturated carbocycles. The second-order valence-corrected chi connectivity index (χ2v) is 8.95. The van der Waals surface area contributed by atoms with Crippen molar-refractivity contribution in [3.63, 3.8) is 0 Å². The third-order valence-electron chi connectivity index (χ3n) is 6.05. The van der Waals surface area contributed by atoms with E-state index >= 15 is 0 Å². The molecule has 0 aromatic rings. The molecule has 0 atom stereocenters. The average Bonchev–Trinajstić information content (AvgIpc) is 2.85. The van der Waals surface area contributed by atoms with Gasteiger partial charge in [0.25, 0.3) is 0 Å². The first-order chi connectivity index (χ1) is 17.1. The molecule has 0 amide bonds. The quantitative estimate of drug-likeness (QED) is 0.0477. The van der Waals surface area contributed by atoms with Crippen LogP contribution in [0.4, 0.5) is 0 Å². The van der Waals surface area contributed by atoms with Crippen LogP contribution in [0.5, 0.6) is 0 Å². The molecule has 0 bridgehead atoms. The lowest BCUT2D eigenvalue weighted by molar-refractivity contribution is 0.172. The lowest BCUT2D eigenvalue weighted by atomic mass is 10.3. The lowest BCUT2D eigenvalue weighted by Crippen LogP contribution is -2.45. The largest absolute Gasteiger partial charge is 0.329 e. The number of hydrogen-bond donors (Lipinski definition) is 8. The predicted octanol–water partition coefficient (Wildman–Crippen LogP) is -4.48. The van der Waals surface area contributed by atoms with Crippen molar-refractivity contribution < 1.29 is 0 Å². The van der Waals surface area contributed by atoms with E-state index in [1.165, 1.54) is 0 Å². The van der Waals surface area contributed by atoms with Gasteiger partial charge in [0.15, 0.2) is 0 Å². The molecule has 0 unspecified atom stereocenters. The topological polar surface area (TPSA) is 193 Å².